The number of hydrogen-bond acceptors (Lipinski definition) is 3. The fraction of sp³-hybridized carbons (Fsp3) is 0.240. The summed E-state index contributed by atoms with van der Waals surface area (Å²) in [5.41, 5.74) is 1.75. The molecule has 0 bridgehead atoms. The molecule has 170 valence electrons. The van der Waals surface area contributed by atoms with Crippen LogP contribution in [0.25, 0.3) is 5.69 Å². The maximum absolute atomic E-state index is 14.3. The smallest absolute Gasteiger partial charge is 0.319 e. The fourth-order valence-electron chi connectivity index (χ4n) is 4.27. The number of hydrogen-bond donors (Lipinski definition) is 1. The molecule has 3 aromatic rings. The third kappa shape index (κ3) is 3.71. The van der Waals surface area contributed by atoms with Crippen molar-refractivity contribution in [2.75, 3.05) is 6.54 Å². The lowest BCUT2D eigenvalue weighted by molar-refractivity contribution is -0.130. The molecule has 1 aliphatic heterocycles. The van der Waals surface area contributed by atoms with Crippen LogP contribution in [0.1, 0.15) is 39.8 Å². The van der Waals surface area contributed by atoms with Crippen molar-refractivity contribution < 1.29 is 23.2 Å². The minimum Gasteiger partial charge on any atom is -0.319 e. The minimum absolute atomic E-state index is 0.298. The molecule has 1 saturated heterocycles. The molecule has 0 radical (unpaired) electrons. The molecular weight excluding hydrogens is 428 g/mol. The first-order valence-corrected chi connectivity index (χ1v) is 10.4. The number of aromatic nitrogens is 1. The molecule has 3 amide bonds. The number of urea groups is 1. The van der Waals surface area contributed by atoms with E-state index in [1.807, 2.05) is 42.7 Å². The predicted octanol–water partition coefficient (Wildman–Crippen LogP) is 4.33. The number of amides is 3. The number of rotatable bonds is 5. The Balaban J connectivity index is 1.62. The molecule has 2 aromatic carbocycles. The second-order valence-electron chi connectivity index (χ2n) is 8.45. The summed E-state index contributed by atoms with van der Waals surface area (Å²) in [5.74, 6) is -2.83. The third-order valence-electron chi connectivity index (χ3n) is 6.07. The van der Waals surface area contributed by atoms with Crippen LogP contribution in [0.5, 0.6) is 0 Å². The van der Waals surface area contributed by atoms with Gasteiger partial charge in [-0.1, -0.05) is 17.7 Å². The number of halogens is 2. The van der Waals surface area contributed by atoms with Crippen molar-refractivity contribution in [3.05, 3.63) is 88.2 Å². The highest BCUT2D eigenvalue weighted by molar-refractivity contribution is 6.11. The summed E-state index contributed by atoms with van der Waals surface area (Å²) in [7, 11) is 0. The molecule has 1 aromatic heterocycles. The summed E-state index contributed by atoms with van der Waals surface area (Å²) in [6, 6.07) is 11.4. The maximum Gasteiger partial charge on any atom is 0.325 e. The summed E-state index contributed by atoms with van der Waals surface area (Å²) >= 11 is 0. The molecular formula is C25H23F2N3O3. The normalized spacial score (nSPS) is 18.1. The molecule has 0 spiro atoms. The van der Waals surface area contributed by atoms with Crippen molar-refractivity contribution >= 4 is 17.7 Å². The summed E-state index contributed by atoms with van der Waals surface area (Å²) in [6.07, 6.45) is 0. The Morgan fingerprint density at radius 2 is 1.67 bits per heavy atom. The van der Waals surface area contributed by atoms with Crippen LogP contribution in [0.2, 0.25) is 0 Å². The van der Waals surface area contributed by atoms with Gasteiger partial charge in [0.1, 0.15) is 17.2 Å². The highest BCUT2D eigenvalue weighted by Crippen LogP contribution is 2.31. The van der Waals surface area contributed by atoms with E-state index in [-0.39, 0.29) is 5.56 Å². The molecule has 1 atom stereocenters. The van der Waals surface area contributed by atoms with Crippen molar-refractivity contribution in [3.8, 4) is 5.69 Å². The number of carbonyl (C=O) groups is 3. The van der Waals surface area contributed by atoms with E-state index in [1.54, 1.807) is 13.0 Å². The van der Waals surface area contributed by atoms with Crippen molar-refractivity contribution in [1.29, 1.82) is 0 Å². The summed E-state index contributed by atoms with van der Waals surface area (Å²) in [6.45, 7) is 6.41. The van der Waals surface area contributed by atoms with E-state index in [1.165, 1.54) is 6.92 Å². The Hall–Kier alpha value is -3.81. The molecule has 1 aliphatic rings. The van der Waals surface area contributed by atoms with Gasteiger partial charge in [0.2, 0.25) is 0 Å². The second kappa shape index (κ2) is 7.95. The standard InChI is InChI=1S/C25H23F2N3O3/c1-14-5-8-18(9-6-14)30-15(2)11-19(16(30)3)22(31)13-29-23(32)25(4,28-24(29)33)20-12-17(26)7-10-21(20)27/h5-12H,13H2,1-4H3,(H,28,33). The van der Waals surface area contributed by atoms with E-state index in [9.17, 15) is 23.2 Å². The Morgan fingerprint density at radius 1 is 1.00 bits per heavy atom. The Bertz CT molecular complexity index is 1300. The Labute approximate surface area is 189 Å². The van der Waals surface area contributed by atoms with Gasteiger partial charge in [0, 0.05) is 28.2 Å². The number of nitrogens with one attached hydrogen (secondary N) is 1. The van der Waals surface area contributed by atoms with Crippen LogP contribution >= 0.6 is 0 Å². The van der Waals surface area contributed by atoms with Crippen molar-refractivity contribution in [3.63, 3.8) is 0 Å². The van der Waals surface area contributed by atoms with Gasteiger partial charge in [0.15, 0.2) is 5.78 Å². The Morgan fingerprint density at radius 3 is 2.33 bits per heavy atom. The van der Waals surface area contributed by atoms with E-state index < -0.39 is 41.4 Å². The summed E-state index contributed by atoms with van der Waals surface area (Å²) < 4.78 is 30.0. The van der Waals surface area contributed by atoms with Gasteiger partial charge in [-0.2, -0.15) is 0 Å². The molecule has 1 N–H and O–H groups in total. The Kier molecular flexibility index (Phi) is 5.40. The highest BCUT2D eigenvalue weighted by Gasteiger charge is 2.51. The van der Waals surface area contributed by atoms with Crippen LogP contribution in [0, 0.1) is 32.4 Å². The first-order chi connectivity index (χ1) is 15.5. The van der Waals surface area contributed by atoms with Crippen molar-refractivity contribution in [1.82, 2.24) is 14.8 Å². The number of benzene rings is 2. The lowest BCUT2D eigenvalue weighted by Crippen LogP contribution is -2.42. The second-order valence-corrected chi connectivity index (χ2v) is 8.45. The van der Waals surface area contributed by atoms with Crippen LogP contribution in [-0.4, -0.2) is 33.7 Å². The van der Waals surface area contributed by atoms with Gasteiger partial charge in [-0.15, -0.1) is 0 Å². The molecule has 1 unspecified atom stereocenters. The third-order valence-corrected chi connectivity index (χ3v) is 6.07. The topological polar surface area (TPSA) is 71.4 Å². The lowest BCUT2D eigenvalue weighted by atomic mass is 9.91. The number of Topliss-reactive ketones (excluding diaryl/α,β-unsaturated/α-hetero) is 1. The van der Waals surface area contributed by atoms with Gasteiger partial charge in [0.25, 0.3) is 5.91 Å². The molecule has 2 heterocycles. The van der Waals surface area contributed by atoms with Crippen LogP contribution in [0.15, 0.2) is 48.5 Å². The summed E-state index contributed by atoms with van der Waals surface area (Å²) in [5, 5.41) is 2.41. The largest absolute Gasteiger partial charge is 0.325 e. The quantitative estimate of drug-likeness (QED) is 0.464. The first kappa shape index (κ1) is 22.4. The van der Waals surface area contributed by atoms with Gasteiger partial charge in [-0.05, 0) is 64.1 Å². The van der Waals surface area contributed by atoms with Crippen molar-refractivity contribution in [2.24, 2.45) is 0 Å². The fourth-order valence-corrected chi connectivity index (χ4v) is 4.27. The molecule has 33 heavy (non-hydrogen) atoms. The zero-order valence-electron chi connectivity index (χ0n) is 18.7. The number of imide groups is 1. The van der Waals surface area contributed by atoms with Crippen molar-refractivity contribution in [2.45, 2.75) is 33.2 Å². The maximum atomic E-state index is 14.3. The SMILES string of the molecule is Cc1ccc(-n2c(C)cc(C(=O)CN3C(=O)NC(C)(c4cc(F)ccc4F)C3=O)c2C)cc1. The molecule has 0 saturated carbocycles. The predicted molar refractivity (Wildman–Crippen MR) is 118 cm³/mol. The van der Waals surface area contributed by atoms with Crippen LogP contribution in [-0.2, 0) is 10.3 Å². The van der Waals surface area contributed by atoms with E-state index in [2.05, 4.69) is 5.32 Å². The number of ketones is 1. The lowest BCUT2D eigenvalue weighted by Gasteiger charge is -2.22. The monoisotopic (exact) mass is 451 g/mol. The van der Waals surface area contributed by atoms with E-state index >= 15 is 0 Å². The minimum atomic E-state index is -1.82. The average molecular weight is 451 g/mol. The number of carbonyl (C=O) groups excluding carboxylic acids is 3. The number of nitrogens with zero attached hydrogens (tertiary/aromatic N) is 2. The van der Waals surface area contributed by atoms with Gasteiger partial charge in [-0.25, -0.2) is 13.6 Å². The van der Waals surface area contributed by atoms with Gasteiger partial charge in [0.05, 0.1) is 6.54 Å². The zero-order chi connectivity index (χ0) is 24.1. The molecule has 1 fully saturated rings. The van der Waals surface area contributed by atoms with Crippen LogP contribution in [0.3, 0.4) is 0 Å². The highest BCUT2D eigenvalue weighted by atomic mass is 19.1. The molecule has 8 heteroatoms. The number of aryl methyl sites for hydroxylation is 2. The zero-order valence-corrected chi connectivity index (χ0v) is 18.7. The summed E-state index contributed by atoms with van der Waals surface area (Å²) in [4.78, 5) is 39.5. The van der Waals surface area contributed by atoms with Gasteiger partial charge in [-0.3, -0.25) is 14.5 Å². The van der Waals surface area contributed by atoms with Gasteiger partial charge >= 0.3 is 6.03 Å². The molecule has 0 aliphatic carbocycles. The van der Waals surface area contributed by atoms with E-state index in [0.29, 0.717) is 11.3 Å². The van der Waals surface area contributed by atoms with E-state index in [4.69, 9.17) is 0 Å². The molecule has 4 rings (SSSR count). The van der Waals surface area contributed by atoms with Crippen LogP contribution < -0.4 is 5.32 Å². The van der Waals surface area contributed by atoms with E-state index in [0.717, 1.165) is 40.0 Å². The molecule has 6 nitrogen and oxygen atoms in total. The first-order valence-electron chi connectivity index (χ1n) is 10.4. The van der Waals surface area contributed by atoms with Crippen LogP contribution in [0.4, 0.5) is 13.6 Å². The van der Waals surface area contributed by atoms with Gasteiger partial charge < -0.3 is 9.88 Å². The average Bonchev–Trinajstić information content (AvgIpc) is 3.18.